The summed E-state index contributed by atoms with van der Waals surface area (Å²) in [6.45, 7) is 4.55. The van der Waals surface area contributed by atoms with Crippen LogP contribution < -0.4 is 0 Å². The highest BCUT2D eigenvalue weighted by molar-refractivity contribution is 8.17. The average molecular weight is 358 g/mol. The normalized spacial score (nSPS) is 11.0. The SMILES string of the molecule is CCCCCCCCSC(CCC#N)SCCCCCCCC. The third kappa shape index (κ3) is 18.4. The molecule has 0 rings (SSSR count). The molecule has 0 atom stereocenters. The molecular formula is C20H39NS2. The predicted octanol–water partition coefficient (Wildman–Crippen LogP) is 7.80. The molecule has 0 aliphatic rings. The molecule has 0 aromatic rings. The molecule has 0 spiro atoms. The predicted molar refractivity (Wildman–Crippen MR) is 110 cm³/mol. The van der Waals surface area contributed by atoms with Gasteiger partial charge in [0.05, 0.1) is 10.7 Å². The fraction of sp³-hybridized carbons (Fsp3) is 0.950. The van der Waals surface area contributed by atoms with Crippen LogP contribution in [0.2, 0.25) is 0 Å². The first-order valence-electron chi connectivity index (χ1n) is 9.95. The third-order valence-electron chi connectivity index (χ3n) is 4.10. The van der Waals surface area contributed by atoms with Crippen LogP contribution in [0.5, 0.6) is 0 Å². The van der Waals surface area contributed by atoms with Crippen LogP contribution in [-0.4, -0.2) is 16.1 Å². The number of hydrogen-bond donors (Lipinski definition) is 0. The lowest BCUT2D eigenvalue weighted by Gasteiger charge is -2.15. The molecule has 0 saturated heterocycles. The van der Waals surface area contributed by atoms with Gasteiger partial charge in [-0.1, -0.05) is 78.1 Å². The van der Waals surface area contributed by atoms with Gasteiger partial charge in [-0.3, -0.25) is 0 Å². The van der Waals surface area contributed by atoms with E-state index in [9.17, 15) is 0 Å². The van der Waals surface area contributed by atoms with E-state index in [1.165, 1.54) is 88.6 Å². The van der Waals surface area contributed by atoms with Gasteiger partial charge in [0, 0.05) is 6.42 Å². The molecule has 0 aromatic heterocycles. The van der Waals surface area contributed by atoms with Crippen molar-refractivity contribution in [2.75, 3.05) is 11.5 Å². The van der Waals surface area contributed by atoms with Gasteiger partial charge in [0.25, 0.3) is 0 Å². The zero-order valence-electron chi connectivity index (χ0n) is 15.7. The van der Waals surface area contributed by atoms with Crippen LogP contribution in [0.1, 0.15) is 104 Å². The molecule has 0 aromatic carbocycles. The molecule has 0 fully saturated rings. The minimum absolute atomic E-state index is 0.654. The molecule has 0 bridgehead atoms. The van der Waals surface area contributed by atoms with Gasteiger partial charge in [0.2, 0.25) is 0 Å². The van der Waals surface area contributed by atoms with Gasteiger partial charge >= 0.3 is 0 Å². The Morgan fingerprint density at radius 3 is 1.57 bits per heavy atom. The maximum Gasteiger partial charge on any atom is 0.0622 e. The summed E-state index contributed by atoms with van der Waals surface area (Å²) >= 11 is 4.22. The number of hydrogen-bond acceptors (Lipinski definition) is 3. The Bertz CT molecular complexity index is 245. The summed E-state index contributed by atoms with van der Waals surface area (Å²) in [5, 5.41) is 8.83. The van der Waals surface area contributed by atoms with E-state index in [-0.39, 0.29) is 0 Å². The molecule has 3 heteroatoms. The van der Waals surface area contributed by atoms with Gasteiger partial charge in [0.15, 0.2) is 0 Å². The second kappa shape index (κ2) is 20.2. The maximum absolute atomic E-state index is 8.83. The molecule has 0 aliphatic carbocycles. The highest BCUT2D eigenvalue weighted by atomic mass is 32.2. The van der Waals surface area contributed by atoms with E-state index in [0.29, 0.717) is 4.58 Å². The van der Waals surface area contributed by atoms with Crippen LogP contribution in [0.3, 0.4) is 0 Å². The highest BCUT2D eigenvalue weighted by Gasteiger charge is 2.09. The van der Waals surface area contributed by atoms with Gasteiger partial charge < -0.3 is 0 Å². The van der Waals surface area contributed by atoms with E-state index in [0.717, 1.165) is 12.8 Å². The number of nitriles is 1. The quantitative estimate of drug-likeness (QED) is 0.185. The molecular weight excluding hydrogens is 318 g/mol. The first kappa shape index (κ1) is 23.2. The van der Waals surface area contributed by atoms with Crippen molar-refractivity contribution < 1.29 is 0 Å². The summed E-state index contributed by atoms with van der Waals surface area (Å²) in [6, 6.07) is 2.32. The second-order valence-corrected chi connectivity index (χ2v) is 9.32. The minimum atomic E-state index is 0.654. The summed E-state index contributed by atoms with van der Waals surface area (Å²) in [5.74, 6) is 2.57. The fourth-order valence-electron chi connectivity index (χ4n) is 2.59. The first-order valence-corrected chi connectivity index (χ1v) is 12.0. The Hall–Kier alpha value is 0.190. The highest BCUT2D eigenvalue weighted by Crippen LogP contribution is 2.30. The molecule has 0 saturated carbocycles. The molecule has 0 N–H and O–H groups in total. The van der Waals surface area contributed by atoms with Crippen LogP contribution in [0.15, 0.2) is 0 Å². The third-order valence-corrected chi connectivity index (χ3v) is 7.18. The molecule has 0 heterocycles. The van der Waals surface area contributed by atoms with Crippen LogP contribution in [0.4, 0.5) is 0 Å². The van der Waals surface area contributed by atoms with Crippen LogP contribution in [0.25, 0.3) is 0 Å². The van der Waals surface area contributed by atoms with E-state index < -0.39 is 0 Å². The molecule has 0 aliphatic heterocycles. The van der Waals surface area contributed by atoms with Crippen molar-refractivity contribution in [3.63, 3.8) is 0 Å². The first-order chi connectivity index (χ1) is 11.3. The molecule has 1 nitrogen and oxygen atoms in total. The molecule has 0 amide bonds. The Morgan fingerprint density at radius 1 is 0.696 bits per heavy atom. The summed E-state index contributed by atoms with van der Waals surface area (Å²) in [4.78, 5) is 0. The van der Waals surface area contributed by atoms with Crippen molar-refractivity contribution in [3.05, 3.63) is 0 Å². The number of nitrogens with zero attached hydrogens (tertiary/aromatic N) is 1. The smallest absolute Gasteiger partial charge is 0.0622 e. The number of thioether (sulfide) groups is 2. The summed E-state index contributed by atoms with van der Waals surface area (Å²) in [6.07, 6.45) is 18.4. The van der Waals surface area contributed by atoms with Crippen molar-refractivity contribution >= 4 is 23.5 Å². The Labute approximate surface area is 154 Å². The Balaban J connectivity index is 3.58. The van der Waals surface area contributed by atoms with Crippen molar-refractivity contribution in [1.29, 1.82) is 5.26 Å². The zero-order chi connectivity index (χ0) is 17.0. The van der Waals surface area contributed by atoms with E-state index in [1.54, 1.807) is 0 Å². The van der Waals surface area contributed by atoms with E-state index in [2.05, 4.69) is 43.4 Å². The Kier molecular flexibility index (Phi) is 20.4. The molecule has 0 radical (unpaired) electrons. The molecule has 136 valence electrons. The van der Waals surface area contributed by atoms with Gasteiger partial charge in [0.1, 0.15) is 0 Å². The zero-order valence-corrected chi connectivity index (χ0v) is 17.3. The van der Waals surface area contributed by atoms with E-state index >= 15 is 0 Å². The van der Waals surface area contributed by atoms with Gasteiger partial charge in [-0.25, -0.2) is 0 Å². The summed E-state index contributed by atoms with van der Waals surface area (Å²) in [7, 11) is 0. The van der Waals surface area contributed by atoms with E-state index in [1.807, 2.05) is 0 Å². The standard InChI is InChI=1S/C20H39NS2/c1-3-5-7-9-11-13-18-22-20(16-15-17-21)23-19-14-12-10-8-6-4-2/h20H,3-16,18-19H2,1-2H3. The lowest BCUT2D eigenvalue weighted by atomic mass is 10.1. The largest absolute Gasteiger partial charge is 0.198 e. The Morgan fingerprint density at radius 2 is 1.13 bits per heavy atom. The topological polar surface area (TPSA) is 23.8 Å². The summed E-state index contributed by atoms with van der Waals surface area (Å²) in [5.41, 5.74) is 0. The average Bonchev–Trinajstić information content (AvgIpc) is 2.57. The number of rotatable bonds is 18. The van der Waals surface area contributed by atoms with Gasteiger partial charge in [-0.15, -0.1) is 23.5 Å². The maximum atomic E-state index is 8.83. The van der Waals surface area contributed by atoms with Crippen LogP contribution >= 0.6 is 23.5 Å². The van der Waals surface area contributed by atoms with Crippen LogP contribution in [-0.2, 0) is 0 Å². The minimum Gasteiger partial charge on any atom is -0.198 e. The lowest BCUT2D eigenvalue weighted by molar-refractivity contribution is 0.626. The van der Waals surface area contributed by atoms with Crippen molar-refractivity contribution in [3.8, 4) is 6.07 Å². The van der Waals surface area contributed by atoms with E-state index in [4.69, 9.17) is 5.26 Å². The van der Waals surface area contributed by atoms with Crippen LogP contribution in [0, 0.1) is 11.3 Å². The molecule has 23 heavy (non-hydrogen) atoms. The lowest BCUT2D eigenvalue weighted by Crippen LogP contribution is -2.00. The second-order valence-electron chi connectivity index (χ2n) is 6.40. The monoisotopic (exact) mass is 357 g/mol. The van der Waals surface area contributed by atoms with Crippen molar-refractivity contribution in [1.82, 2.24) is 0 Å². The van der Waals surface area contributed by atoms with Crippen molar-refractivity contribution in [2.45, 2.75) is 108 Å². The van der Waals surface area contributed by atoms with Gasteiger partial charge in [-0.2, -0.15) is 5.26 Å². The fourth-order valence-corrected chi connectivity index (χ4v) is 5.39. The molecule has 0 unspecified atom stereocenters. The van der Waals surface area contributed by atoms with Crippen molar-refractivity contribution in [2.24, 2.45) is 0 Å². The summed E-state index contributed by atoms with van der Waals surface area (Å²) < 4.78 is 0.654. The number of unbranched alkanes of at least 4 members (excludes halogenated alkanes) is 10. The van der Waals surface area contributed by atoms with Gasteiger partial charge in [-0.05, 0) is 30.8 Å².